The zero-order valence-corrected chi connectivity index (χ0v) is 16.9. The van der Waals surface area contributed by atoms with Gasteiger partial charge in [-0.3, -0.25) is 14.4 Å². The van der Waals surface area contributed by atoms with Crippen LogP contribution < -0.4 is 16.4 Å². The van der Waals surface area contributed by atoms with Gasteiger partial charge in [-0.25, -0.2) is 9.78 Å². The summed E-state index contributed by atoms with van der Waals surface area (Å²) in [7, 11) is 0. The van der Waals surface area contributed by atoms with E-state index in [1.165, 1.54) is 24.3 Å². The summed E-state index contributed by atoms with van der Waals surface area (Å²) in [6, 6.07) is -3.74. The number of nitrogens with zero attached hydrogens (tertiary/aromatic N) is 2. The predicted molar refractivity (Wildman–Crippen MR) is 106 cm³/mol. The molecule has 6 N–H and O–H groups in total. The van der Waals surface area contributed by atoms with Crippen LogP contribution in [0.15, 0.2) is 12.5 Å². The molecule has 0 aromatic carbocycles. The summed E-state index contributed by atoms with van der Waals surface area (Å²) in [5, 5.41) is 14.4. The van der Waals surface area contributed by atoms with Crippen LogP contribution in [0.25, 0.3) is 0 Å². The molecule has 4 unspecified atom stereocenters. The minimum absolute atomic E-state index is 0.102. The third-order valence-electron chi connectivity index (χ3n) is 4.70. The summed E-state index contributed by atoms with van der Waals surface area (Å²) in [4.78, 5) is 56.8. The molecule has 0 spiro atoms. The molecule has 2 rings (SSSR count). The minimum atomic E-state index is -1.07. The number of hydrogen-bond acceptors (Lipinski definition) is 7. The molecule has 4 atom stereocenters. The van der Waals surface area contributed by atoms with E-state index in [9.17, 15) is 24.3 Å². The number of amides is 3. The second-order valence-electron chi connectivity index (χ2n) is 6.89. The molecular weight excluding hydrogens is 400 g/mol. The monoisotopic (exact) mass is 426 g/mol. The number of nitrogens with one attached hydrogen (secondary N) is 3. The van der Waals surface area contributed by atoms with E-state index in [-0.39, 0.29) is 12.2 Å². The zero-order valence-electron chi connectivity index (χ0n) is 16.0. The van der Waals surface area contributed by atoms with E-state index in [0.29, 0.717) is 25.1 Å². The van der Waals surface area contributed by atoms with E-state index >= 15 is 0 Å². The van der Waals surface area contributed by atoms with Crippen LogP contribution in [0.1, 0.15) is 25.5 Å². The van der Waals surface area contributed by atoms with Crippen LogP contribution in [-0.2, 0) is 25.6 Å². The fraction of sp³-hybridized carbons (Fsp3) is 0.588. The molecule has 1 aromatic heterocycles. The predicted octanol–water partition coefficient (Wildman–Crippen LogP) is -1.73. The smallest absolute Gasteiger partial charge is 0.326 e. The fourth-order valence-corrected chi connectivity index (χ4v) is 3.26. The topological polar surface area (TPSA) is 171 Å². The van der Waals surface area contributed by atoms with Crippen molar-refractivity contribution in [2.24, 2.45) is 5.73 Å². The molecule has 3 amide bonds. The number of aromatic nitrogens is 2. The van der Waals surface area contributed by atoms with Crippen LogP contribution in [-0.4, -0.2) is 80.1 Å². The first-order valence-corrected chi connectivity index (χ1v) is 9.85. The third kappa shape index (κ3) is 5.94. The molecule has 1 aliphatic heterocycles. The number of likely N-dealkylation sites (tertiary alicyclic amines) is 1. The maximum atomic E-state index is 12.8. The van der Waals surface area contributed by atoms with Crippen LogP contribution >= 0.6 is 12.6 Å². The summed E-state index contributed by atoms with van der Waals surface area (Å²) < 4.78 is 0. The van der Waals surface area contributed by atoms with Crippen LogP contribution in [0.2, 0.25) is 0 Å². The number of thiol groups is 1. The van der Waals surface area contributed by atoms with Gasteiger partial charge >= 0.3 is 5.97 Å². The molecule has 11 nitrogen and oxygen atoms in total. The molecule has 0 bridgehead atoms. The van der Waals surface area contributed by atoms with Gasteiger partial charge in [0.05, 0.1) is 12.4 Å². The van der Waals surface area contributed by atoms with Crippen molar-refractivity contribution in [3.63, 3.8) is 0 Å². The summed E-state index contributed by atoms with van der Waals surface area (Å²) in [5.41, 5.74) is 6.26. The highest BCUT2D eigenvalue weighted by Gasteiger charge is 2.37. The summed E-state index contributed by atoms with van der Waals surface area (Å²) in [6.07, 6.45) is 4.03. The van der Waals surface area contributed by atoms with E-state index < -0.39 is 47.9 Å². The largest absolute Gasteiger partial charge is 0.480 e. The molecule has 0 aliphatic carbocycles. The minimum Gasteiger partial charge on any atom is -0.480 e. The van der Waals surface area contributed by atoms with Gasteiger partial charge in [0.2, 0.25) is 17.7 Å². The number of nitrogens with two attached hydrogens (primary N) is 1. The van der Waals surface area contributed by atoms with Crippen molar-refractivity contribution in [2.45, 2.75) is 50.4 Å². The lowest BCUT2D eigenvalue weighted by molar-refractivity contribution is -0.149. The second kappa shape index (κ2) is 10.3. The van der Waals surface area contributed by atoms with Crippen molar-refractivity contribution in [1.82, 2.24) is 25.5 Å². The van der Waals surface area contributed by atoms with Crippen molar-refractivity contribution in [3.8, 4) is 0 Å². The van der Waals surface area contributed by atoms with Gasteiger partial charge in [-0.1, -0.05) is 0 Å². The Bertz CT molecular complexity index is 743. The first kappa shape index (κ1) is 22.7. The number of carbonyl (C=O) groups excluding carboxylic acids is 3. The SMILES string of the molecule is CC(NC(=O)C(Cc1cnc[nH]1)NC(=O)C(N)CS)C(=O)N1CCCC1C(=O)O. The standard InChI is InChI=1S/C17H26N6O5S/c1-9(16(26)23-4-2-3-13(23)17(27)28)21-15(25)12(5-10-6-19-8-20-10)22-14(24)11(18)7-29/h6,8-9,11-13,29H,2-5,7,18H2,1H3,(H,19,20)(H,21,25)(H,22,24)(H,27,28). The number of carboxylic acids is 1. The average molecular weight is 426 g/mol. The number of imidazole rings is 1. The lowest BCUT2D eigenvalue weighted by Crippen LogP contribution is -2.57. The average Bonchev–Trinajstić information content (AvgIpc) is 3.37. The van der Waals surface area contributed by atoms with Crippen molar-refractivity contribution in [3.05, 3.63) is 18.2 Å². The van der Waals surface area contributed by atoms with E-state index in [2.05, 4.69) is 33.2 Å². The summed E-state index contributed by atoms with van der Waals surface area (Å²) >= 11 is 3.97. The Morgan fingerprint density at radius 3 is 2.69 bits per heavy atom. The first-order chi connectivity index (χ1) is 13.7. The number of hydrogen-bond donors (Lipinski definition) is 6. The quantitative estimate of drug-likeness (QED) is 0.255. The second-order valence-corrected chi connectivity index (χ2v) is 7.25. The Morgan fingerprint density at radius 1 is 1.38 bits per heavy atom. The maximum Gasteiger partial charge on any atom is 0.326 e. The van der Waals surface area contributed by atoms with Crippen molar-refractivity contribution in [1.29, 1.82) is 0 Å². The molecule has 2 heterocycles. The number of H-pyrrole nitrogens is 1. The van der Waals surface area contributed by atoms with Crippen molar-refractivity contribution in [2.75, 3.05) is 12.3 Å². The van der Waals surface area contributed by atoms with Gasteiger partial charge in [0.15, 0.2) is 0 Å². The maximum absolute atomic E-state index is 12.8. The Labute approximate surface area is 173 Å². The van der Waals surface area contributed by atoms with Gasteiger partial charge in [0.25, 0.3) is 0 Å². The van der Waals surface area contributed by atoms with Crippen LogP contribution in [0, 0.1) is 0 Å². The Balaban J connectivity index is 2.06. The molecule has 160 valence electrons. The summed E-state index contributed by atoms with van der Waals surface area (Å²) in [6.45, 7) is 1.80. The molecule has 1 fully saturated rings. The van der Waals surface area contributed by atoms with Crippen molar-refractivity contribution >= 4 is 36.3 Å². The van der Waals surface area contributed by atoms with E-state index in [4.69, 9.17) is 5.73 Å². The molecule has 1 aromatic rings. The molecule has 0 radical (unpaired) electrons. The number of aliphatic carboxylic acids is 1. The van der Waals surface area contributed by atoms with Crippen LogP contribution in [0.3, 0.4) is 0 Å². The van der Waals surface area contributed by atoms with Gasteiger partial charge in [-0.15, -0.1) is 0 Å². The molecule has 0 saturated carbocycles. The highest BCUT2D eigenvalue weighted by atomic mass is 32.1. The van der Waals surface area contributed by atoms with E-state index in [1.54, 1.807) is 0 Å². The molecule has 1 aliphatic rings. The Kier molecular flexibility index (Phi) is 8.02. The van der Waals surface area contributed by atoms with Gasteiger partial charge < -0.3 is 31.4 Å². The van der Waals surface area contributed by atoms with Crippen molar-refractivity contribution < 1.29 is 24.3 Å². The first-order valence-electron chi connectivity index (χ1n) is 9.22. The Hall–Kier alpha value is -2.60. The van der Waals surface area contributed by atoms with Gasteiger partial charge in [-0.2, -0.15) is 12.6 Å². The highest BCUT2D eigenvalue weighted by molar-refractivity contribution is 7.80. The van der Waals surface area contributed by atoms with E-state index in [0.717, 1.165) is 0 Å². The lowest BCUT2D eigenvalue weighted by Gasteiger charge is -2.27. The van der Waals surface area contributed by atoms with Crippen LogP contribution in [0.5, 0.6) is 0 Å². The zero-order chi connectivity index (χ0) is 21.6. The number of carbonyl (C=O) groups is 4. The lowest BCUT2D eigenvalue weighted by atomic mass is 10.1. The molecule has 12 heteroatoms. The number of carboxylic acid groups (broad SMARTS) is 1. The van der Waals surface area contributed by atoms with Gasteiger partial charge in [-0.05, 0) is 19.8 Å². The normalized spacial score (nSPS) is 19.3. The highest BCUT2D eigenvalue weighted by Crippen LogP contribution is 2.18. The Morgan fingerprint density at radius 2 is 2.10 bits per heavy atom. The molecular formula is C17H26N6O5S. The third-order valence-corrected chi connectivity index (χ3v) is 5.09. The number of aromatic amines is 1. The van der Waals surface area contributed by atoms with Crippen LogP contribution in [0.4, 0.5) is 0 Å². The van der Waals surface area contributed by atoms with E-state index in [1.807, 2.05) is 0 Å². The van der Waals surface area contributed by atoms with Gasteiger partial charge in [0, 0.05) is 30.6 Å². The molecule has 1 saturated heterocycles. The fourth-order valence-electron chi connectivity index (χ4n) is 3.10. The number of rotatable bonds is 9. The van der Waals surface area contributed by atoms with Gasteiger partial charge in [0.1, 0.15) is 18.1 Å². The molecule has 29 heavy (non-hydrogen) atoms. The summed E-state index contributed by atoms with van der Waals surface area (Å²) in [5.74, 6) is -2.60.